The second-order valence-electron chi connectivity index (χ2n) is 7.72. The van der Waals surface area contributed by atoms with Crippen LogP contribution in [0.25, 0.3) is 0 Å². The molecule has 0 aliphatic carbocycles. The molecule has 0 aromatic heterocycles. The van der Waals surface area contributed by atoms with Crippen LogP contribution in [0.5, 0.6) is 0 Å². The van der Waals surface area contributed by atoms with Gasteiger partial charge in [-0.25, -0.2) is 8.42 Å². The summed E-state index contributed by atoms with van der Waals surface area (Å²) in [6.07, 6.45) is 2.67. The summed E-state index contributed by atoms with van der Waals surface area (Å²) in [7, 11) is -3.18. The number of carbonyl (C=O) groups is 1. The molecular formula is C21H35N3O3S. The Bertz CT molecular complexity index is 743. The van der Waals surface area contributed by atoms with Gasteiger partial charge in [-0.1, -0.05) is 44.0 Å². The van der Waals surface area contributed by atoms with Gasteiger partial charge in [-0.15, -0.1) is 0 Å². The van der Waals surface area contributed by atoms with Crippen LogP contribution < -0.4 is 5.32 Å². The Morgan fingerprint density at radius 1 is 1.11 bits per heavy atom. The predicted molar refractivity (Wildman–Crippen MR) is 114 cm³/mol. The number of piperazine rings is 1. The van der Waals surface area contributed by atoms with Crippen LogP contribution in [0.2, 0.25) is 0 Å². The van der Waals surface area contributed by atoms with Gasteiger partial charge in [0, 0.05) is 26.2 Å². The highest BCUT2D eigenvalue weighted by Gasteiger charge is 2.30. The fourth-order valence-corrected chi connectivity index (χ4v) is 5.23. The van der Waals surface area contributed by atoms with Gasteiger partial charge >= 0.3 is 0 Å². The third kappa shape index (κ3) is 6.03. The molecule has 2 unspecified atom stereocenters. The zero-order chi connectivity index (χ0) is 20.7. The van der Waals surface area contributed by atoms with Crippen LogP contribution in [0.4, 0.5) is 0 Å². The number of hydrogen-bond donors (Lipinski definition) is 1. The van der Waals surface area contributed by atoms with Gasteiger partial charge < -0.3 is 5.32 Å². The van der Waals surface area contributed by atoms with E-state index in [0.717, 1.165) is 24.0 Å². The van der Waals surface area contributed by atoms with Crippen LogP contribution in [0.1, 0.15) is 57.2 Å². The summed E-state index contributed by atoms with van der Waals surface area (Å²) < 4.78 is 26.4. The molecule has 0 saturated carbocycles. The molecule has 0 spiro atoms. The number of rotatable bonds is 9. The average molecular weight is 410 g/mol. The van der Waals surface area contributed by atoms with E-state index >= 15 is 0 Å². The summed E-state index contributed by atoms with van der Waals surface area (Å²) in [6.45, 7) is 10.1. The second kappa shape index (κ2) is 10.4. The summed E-state index contributed by atoms with van der Waals surface area (Å²) >= 11 is 0. The zero-order valence-electron chi connectivity index (χ0n) is 17.6. The zero-order valence-corrected chi connectivity index (χ0v) is 18.5. The van der Waals surface area contributed by atoms with E-state index in [0.29, 0.717) is 32.6 Å². The Morgan fingerprint density at radius 2 is 1.75 bits per heavy atom. The fraction of sp³-hybridized carbons (Fsp3) is 0.667. The first kappa shape index (κ1) is 22.8. The molecule has 1 heterocycles. The predicted octanol–water partition coefficient (Wildman–Crippen LogP) is 2.70. The molecule has 2 rings (SSSR count). The van der Waals surface area contributed by atoms with Gasteiger partial charge in [0.15, 0.2) is 0 Å². The lowest BCUT2D eigenvalue weighted by Crippen LogP contribution is -2.55. The molecule has 158 valence electrons. The first-order valence-electron chi connectivity index (χ1n) is 10.3. The smallest absolute Gasteiger partial charge is 0.237 e. The molecule has 1 N–H and O–H groups in total. The van der Waals surface area contributed by atoms with Gasteiger partial charge in [0.1, 0.15) is 0 Å². The van der Waals surface area contributed by atoms with Crippen molar-refractivity contribution >= 4 is 15.9 Å². The van der Waals surface area contributed by atoms with Crippen LogP contribution in [-0.4, -0.2) is 61.5 Å². The summed E-state index contributed by atoms with van der Waals surface area (Å²) in [6, 6.07) is 7.71. The molecule has 1 aliphatic heterocycles. The summed E-state index contributed by atoms with van der Waals surface area (Å²) in [4.78, 5) is 14.8. The SMILES string of the molecule is CCCCCS(=O)(=O)N1CCN(C(C)C(=O)NC(C)c2ccccc2C)CC1. The van der Waals surface area contributed by atoms with Gasteiger partial charge in [0.05, 0.1) is 17.8 Å². The van der Waals surface area contributed by atoms with Gasteiger partial charge in [-0.3, -0.25) is 9.69 Å². The maximum Gasteiger partial charge on any atom is 0.237 e. The lowest BCUT2D eigenvalue weighted by Gasteiger charge is -2.37. The number of carbonyl (C=O) groups excluding carboxylic acids is 1. The Hall–Kier alpha value is -1.44. The van der Waals surface area contributed by atoms with E-state index in [9.17, 15) is 13.2 Å². The minimum Gasteiger partial charge on any atom is -0.348 e. The molecule has 0 radical (unpaired) electrons. The molecule has 1 aromatic rings. The van der Waals surface area contributed by atoms with E-state index < -0.39 is 10.0 Å². The Labute approximate surface area is 170 Å². The third-order valence-electron chi connectivity index (χ3n) is 5.61. The minimum absolute atomic E-state index is 0.0185. The van der Waals surface area contributed by atoms with E-state index in [1.807, 2.05) is 45.0 Å². The lowest BCUT2D eigenvalue weighted by atomic mass is 10.0. The monoisotopic (exact) mass is 409 g/mol. The molecule has 0 bridgehead atoms. The minimum atomic E-state index is -3.18. The van der Waals surface area contributed by atoms with Crippen molar-refractivity contribution in [1.29, 1.82) is 0 Å². The summed E-state index contributed by atoms with van der Waals surface area (Å²) in [5, 5.41) is 3.10. The number of hydrogen-bond acceptors (Lipinski definition) is 4. The van der Waals surface area contributed by atoms with Crippen molar-refractivity contribution in [1.82, 2.24) is 14.5 Å². The molecule has 2 atom stereocenters. The van der Waals surface area contributed by atoms with Gasteiger partial charge in [0.2, 0.25) is 15.9 Å². The summed E-state index contributed by atoms with van der Waals surface area (Å²) in [5.74, 6) is 0.208. The number of sulfonamides is 1. The molecule has 1 aliphatic rings. The fourth-order valence-electron chi connectivity index (χ4n) is 3.68. The highest BCUT2D eigenvalue weighted by Crippen LogP contribution is 2.18. The maximum absolute atomic E-state index is 12.7. The van der Waals surface area contributed by atoms with Crippen LogP contribution in [0, 0.1) is 6.92 Å². The van der Waals surface area contributed by atoms with Crippen molar-refractivity contribution in [2.45, 2.75) is 59.0 Å². The van der Waals surface area contributed by atoms with E-state index in [2.05, 4.69) is 17.1 Å². The van der Waals surface area contributed by atoms with Gasteiger partial charge in [-0.2, -0.15) is 4.31 Å². The third-order valence-corrected chi connectivity index (χ3v) is 7.57. The van der Waals surface area contributed by atoms with E-state index in [1.54, 1.807) is 4.31 Å². The second-order valence-corrected chi connectivity index (χ2v) is 9.81. The number of benzene rings is 1. The van der Waals surface area contributed by atoms with Crippen LogP contribution in [0.3, 0.4) is 0 Å². The van der Waals surface area contributed by atoms with E-state index in [1.165, 1.54) is 0 Å². The van der Waals surface area contributed by atoms with Crippen molar-refractivity contribution in [3.8, 4) is 0 Å². The molecule has 1 saturated heterocycles. The molecular weight excluding hydrogens is 374 g/mol. The average Bonchev–Trinajstić information content (AvgIpc) is 2.67. The normalized spacial score (nSPS) is 18.6. The first-order valence-corrected chi connectivity index (χ1v) is 11.9. The largest absolute Gasteiger partial charge is 0.348 e. The molecule has 1 aromatic carbocycles. The number of nitrogens with zero attached hydrogens (tertiary/aromatic N) is 2. The standard InChI is InChI=1S/C21H35N3O3S/c1-5-6-9-16-28(26,27)24-14-12-23(13-15-24)19(4)21(25)22-18(3)20-11-8-7-10-17(20)2/h7-8,10-11,18-19H,5-6,9,12-16H2,1-4H3,(H,22,25). The number of amides is 1. The molecule has 28 heavy (non-hydrogen) atoms. The van der Waals surface area contributed by atoms with Gasteiger partial charge in [-0.05, 0) is 38.3 Å². The van der Waals surface area contributed by atoms with Crippen LogP contribution in [0.15, 0.2) is 24.3 Å². The quantitative estimate of drug-likeness (QED) is 0.637. The Balaban J connectivity index is 1.86. The van der Waals surface area contributed by atoms with E-state index in [-0.39, 0.29) is 23.7 Å². The number of aryl methyl sites for hydroxylation is 1. The van der Waals surface area contributed by atoms with Crippen LogP contribution in [-0.2, 0) is 14.8 Å². The van der Waals surface area contributed by atoms with E-state index in [4.69, 9.17) is 0 Å². The number of nitrogens with one attached hydrogen (secondary N) is 1. The Morgan fingerprint density at radius 3 is 2.36 bits per heavy atom. The van der Waals surface area contributed by atoms with Crippen molar-refractivity contribution in [3.63, 3.8) is 0 Å². The maximum atomic E-state index is 12.7. The number of unbranched alkanes of at least 4 members (excludes halogenated alkanes) is 2. The molecule has 1 fully saturated rings. The first-order chi connectivity index (χ1) is 13.3. The highest BCUT2D eigenvalue weighted by molar-refractivity contribution is 7.89. The van der Waals surface area contributed by atoms with Crippen LogP contribution >= 0.6 is 0 Å². The summed E-state index contributed by atoms with van der Waals surface area (Å²) in [5.41, 5.74) is 2.27. The highest BCUT2D eigenvalue weighted by atomic mass is 32.2. The Kier molecular flexibility index (Phi) is 8.46. The van der Waals surface area contributed by atoms with Crippen molar-refractivity contribution in [2.24, 2.45) is 0 Å². The van der Waals surface area contributed by atoms with Gasteiger partial charge in [0.25, 0.3) is 0 Å². The molecule has 1 amide bonds. The van der Waals surface area contributed by atoms with Crippen molar-refractivity contribution in [2.75, 3.05) is 31.9 Å². The van der Waals surface area contributed by atoms with Crippen molar-refractivity contribution in [3.05, 3.63) is 35.4 Å². The molecule has 7 heteroatoms. The molecule has 6 nitrogen and oxygen atoms in total. The lowest BCUT2D eigenvalue weighted by molar-refractivity contribution is -0.127. The topological polar surface area (TPSA) is 69.7 Å². The van der Waals surface area contributed by atoms with Crippen molar-refractivity contribution < 1.29 is 13.2 Å².